The molecule has 0 fully saturated rings. The monoisotopic (exact) mass is 259 g/mol. The summed E-state index contributed by atoms with van der Waals surface area (Å²) in [5, 5.41) is 11.9. The lowest BCUT2D eigenvalue weighted by Crippen LogP contribution is -2.04. The summed E-state index contributed by atoms with van der Waals surface area (Å²) in [6.45, 7) is 2.20. The molecule has 0 saturated carbocycles. The van der Waals surface area contributed by atoms with Gasteiger partial charge in [-0.3, -0.25) is 0 Å². The van der Waals surface area contributed by atoms with Crippen molar-refractivity contribution in [3.05, 3.63) is 65.0 Å². The topological polar surface area (TPSA) is 49.3 Å². The summed E-state index contributed by atoms with van der Waals surface area (Å²) in [6, 6.07) is 11.4. The summed E-state index contributed by atoms with van der Waals surface area (Å²) in [6.07, 6.45) is 0. The number of aromatic carboxylic acids is 1. The van der Waals surface area contributed by atoms with Crippen LogP contribution in [0.4, 0.5) is 10.1 Å². The number of nitrogens with one attached hydrogen (secondary N) is 1. The molecule has 0 unspecified atom stereocenters. The number of hydrogen-bond acceptors (Lipinski definition) is 2. The molecule has 19 heavy (non-hydrogen) atoms. The maximum Gasteiger partial charge on any atom is 0.335 e. The van der Waals surface area contributed by atoms with Gasteiger partial charge in [0.05, 0.1) is 11.3 Å². The van der Waals surface area contributed by atoms with Crippen molar-refractivity contribution in [3.8, 4) is 0 Å². The first kappa shape index (κ1) is 13.1. The average Bonchev–Trinajstić information content (AvgIpc) is 2.38. The van der Waals surface area contributed by atoms with Crippen LogP contribution < -0.4 is 5.32 Å². The first-order valence-corrected chi connectivity index (χ1v) is 5.89. The summed E-state index contributed by atoms with van der Waals surface area (Å²) in [4.78, 5) is 10.9. The number of carbonyl (C=O) groups is 1. The van der Waals surface area contributed by atoms with Gasteiger partial charge in [-0.25, -0.2) is 9.18 Å². The van der Waals surface area contributed by atoms with Crippen LogP contribution in [0.2, 0.25) is 0 Å². The Labute approximate surface area is 110 Å². The van der Waals surface area contributed by atoms with Crippen LogP contribution in [0.5, 0.6) is 0 Å². The van der Waals surface area contributed by atoms with E-state index < -0.39 is 5.97 Å². The van der Waals surface area contributed by atoms with Crippen LogP contribution in [0.1, 0.15) is 21.5 Å². The summed E-state index contributed by atoms with van der Waals surface area (Å²) in [5.41, 5.74) is 2.28. The highest BCUT2D eigenvalue weighted by atomic mass is 19.1. The fourth-order valence-corrected chi connectivity index (χ4v) is 1.86. The molecule has 0 amide bonds. The van der Waals surface area contributed by atoms with E-state index in [0.717, 1.165) is 11.1 Å². The number of carboxylic acids is 1. The zero-order chi connectivity index (χ0) is 13.8. The van der Waals surface area contributed by atoms with Gasteiger partial charge < -0.3 is 10.4 Å². The molecule has 2 aromatic carbocycles. The van der Waals surface area contributed by atoms with Crippen molar-refractivity contribution < 1.29 is 14.3 Å². The van der Waals surface area contributed by atoms with Crippen molar-refractivity contribution in [2.24, 2.45) is 0 Å². The number of carboxylic acid groups (broad SMARTS) is 1. The highest BCUT2D eigenvalue weighted by molar-refractivity contribution is 5.87. The highest BCUT2D eigenvalue weighted by Gasteiger charge is 2.06. The molecule has 0 aromatic heterocycles. The standard InChI is InChI=1S/C15H14FNO2/c1-10-4-2-7-13(16)14(10)17-9-11-5-3-6-12(8-11)15(18)19/h2-8,17H,9H2,1H3,(H,18,19). The van der Waals surface area contributed by atoms with Crippen LogP contribution in [-0.4, -0.2) is 11.1 Å². The molecule has 0 aliphatic rings. The molecule has 0 heterocycles. The summed E-state index contributed by atoms with van der Waals surface area (Å²) < 4.78 is 13.6. The Kier molecular flexibility index (Phi) is 3.80. The molecule has 0 aliphatic heterocycles. The summed E-state index contributed by atoms with van der Waals surface area (Å²) >= 11 is 0. The molecule has 4 heteroatoms. The number of halogens is 1. The Bertz CT molecular complexity index is 591. The van der Waals surface area contributed by atoms with Gasteiger partial charge in [0.1, 0.15) is 5.82 Å². The number of hydrogen-bond donors (Lipinski definition) is 2. The van der Waals surface area contributed by atoms with Crippen molar-refractivity contribution >= 4 is 11.7 Å². The predicted molar refractivity (Wildman–Crippen MR) is 71.9 cm³/mol. The number of benzene rings is 2. The van der Waals surface area contributed by atoms with Gasteiger partial charge in [0.2, 0.25) is 0 Å². The van der Waals surface area contributed by atoms with Gasteiger partial charge >= 0.3 is 5.97 Å². The van der Waals surface area contributed by atoms with Gasteiger partial charge in [0.15, 0.2) is 0 Å². The summed E-state index contributed by atoms with van der Waals surface area (Å²) in [5.74, 6) is -1.28. The predicted octanol–water partition coefficient (Wildman–Crippen LogP) is 3.44. The molecular weight excluding hydrogens is 245 g/mol. The lowest BCUT2D eigenvalue weighted by Gasteiger charge is -2.10. The van der Waals surface area contributed by atoms with Gasteiger partial charge in [-0.15, -0.1) is 0 Å². The van der Waals surface area contributed by atoms with Gasteiger partial charge in [-0.05, 0) is 36.2 Å². The van der Waals surface area contributed by atoms with Crippen molar-refractivity contribution in [1.29, 1.82) is 0 Å². The van der Waals surface area contributed by atoms with Crippen LogP contribution in [0, 0.1) is 12.7 Å². The molecule has 0 atom stereocenters. The van der Waals surface area contributed by atoms with Gasteiger partial charge in [-0.1, -0.05) is 24.3 Å². The molecule has 0 bridgehead atoms. The smallest absolute Gasteiger partial charge is 0.335 e. The van der Waals surface area contributed by atoms with Crippen molar-refractivity contribution in [1.82, 2.24) is 0 Å². The molecule has 0 aliphatic carbocycles. The van der Waals surface area contributed by atoms with Crippen molar-refractivity contribution in [2.45, 2.75) is 13.5 Å². The zero-order valence-electron chi connectivity index (χ0n) is 10.5. The normalized spacial score (nSPS) is 10.2. The minimum Gasteiger partial charge on any atom is -0.478 e. The van der Waals surface area contributed by atoms with Crippen LogP contribution in [-0.2, 0) is 6.54 Å². The fraction of sp³-hybridized carbons (Fsp3) is 0.133. The first-order chi connectivity index (χ1) is 9.08. The van der Waals surface area contributed by atoms with E-state index in [1.54, 1.807) is 24.3 Å². The van der Waals surface area contributed by atoms with E-state index >= 15 is 0 Å². The second-order valence-electron chi connectivity index (χ2n) is 4.29. The largest absolute Gasteiger partial charge is 0.478 e. The van der Waals surface area contributed by atoms with E-state index in [1.807, 2.05) is 13.0 Å². The maximum atomic E-state index is 13.6. The van der Waals surface area contributed by atoms with Gasteiger partial charge in [-0.2, -0.15) is 0 Å². The van der Waals surface area contributed by atoms with E-state index in [2.05, 4.69) is 5.32 Å². The molecule has 2 rings (SSSR count). The minimum atomic E-state index is -0.969. The molecule has 0 radical (unpaired) electrons. The SMILES string of the molecule is Cc1cccc(F)c1NCc1cccc(C(=O)O)c1. The third-order valence-corrected chi connectivity index (χ3v) is 2.87. The molecule has 2 aromatic rings. The van der Waals surface area contributed by atoms with Crippen LogP contribution in [0.15, 0.2) is 42.5 Å². The van der Waals surface area contributed by atoms with Crippen molar-refractivity contribution in [3.63, 3.8) is 0 Å². The zero-order valence-corrected chi connectivity index (χ0v) is 10.5. The molecule has 0 saturated heterocycles. The van der Waals surface area contributed by atoms with Gasteiger partial charge in [0, 0.05) is 6.54 Å². The van der Waals surface area contributed by atoms with Crippen LogP contribution >= 0.6 is 0 Å². The Morgan fingerprint density at radius 2 is 2.00 bits per heavy atom. The third-order valence-electron chi connectivity index (χ3n) is 2.87. The van der Waals surface area contributed by atoms with Gasteiger partial charge in [0.25, 0.3) is 0 Å². The quantitative estimate of drug-likeness (QED) is 0.884. The molecule has 98 valence electrons. The average molecular weight is 259 g/mol. The lowest BCUT2D eigenvalue weighted by atomic mass is 10.1. The second kappa shape index (κ2) is 5.52. The molecule has 0 spiro atoms. The number of aryl methyl sites for hydroxylation is 1. The summed E-state index contributed by atoms with van der Waals surface area (Å²) in [7, 11) is 0. The van der Waals surface area contributed by atoms with Crippen molar-refractivity contribution in [2.75, 3.05) is 5.32 Å². The van der Waals surface area contributed by atoms with E-state index in [4.69, 9.17) is 5.11 Å². The van der Waals surface area contributed by atoms with E-state index in [9.17, 15) is 9.18 Å². The lowest BCUT2D eigenvalue weighted by molar-refractivity contribution is 0.0697. The molecule has 2 N–H and O–H groups in total. The molecular formula is C15H14FNO2. The van der Waals surface area contributed by atoms with E-state index in [1.165, 1.54) is 12.1 Å². The van der Waals surface area contributed by atoms with E-state index in [0.29, 0.717) is 12.2 Å². The maximum absolute atomic E-state index is 13.6. The Morgan fingerprint density at radius 3 is 2.68 bits per heavy atom. The Morgan fingerprint density at radius 1 is 1.26 bits per heavy atom. The first-order valence-electron chi connectivity index (χ1n) is 5.89. The highest BCUT2D eigenvalue weighted by Crippen LogP contribution is 2.19. The Hall–Kier alpha value is -2.36. The Balaban J connectivity index is 2.15. The van der Waals surface area contributed by atoms with Crippen LogP contribution in [0.25, 0.3) is 0 Å². The molecule has 3 nitrogen and oxygen atoms in total. The second-order valence-corrected chi connectivity index (χ2v) is 4.29. The number of rotatable bonds is 4. The number of para-hydroxylation sites is 1. The third kappa shape index (κ3) is 3.10. The van der Waals surface area contributed by atoms with Crippen LogP contribution in [0.3, 0.4) is 0 Å². The number of anilines is 1. The minimum absolute atomic E-state index is 0.226. The van der Waals surface area contributed by atoms with E-state index in [-0.39, 0.29) is 11.4 Å². The fourth-order valence-electron chi connectivity index (χ4n) is 1.86.